The number of fused-ring (bicyclic) bond motifs is 2. The number of hydrogen-bond donors (Lipinski definition) is 1. The van der Waals surface area contributed by atoms with Crippen molar-refractivity contribution < 1.29 is 9.53 Å². The van der Waals surface area contributed by atoms with Crippen LogP contribution in [0.25, 0.3) is 11.1 Å². The summed E-state index contributed by atoms with van der Waals surface area (Å²) in [5, 5.41) is 12.5. The number of nitrogens with one attached hydrogen (secondary N) is 1. The van der Waals surface area contributed by atoms with E-state index in [0.29, 0.717) is 19.1 Å². The second-order valence-electron chi connectivity index (χ2n) is 10.2. The fraction of sp³-hybridized carbons (Fsp3) is 0.519. The summed E-state index contributed by atoms with van der Waals surface area (Å²) < 4.78 is 9.77. The molecule has 36 heavy (non-hydrogen) atoms. The number of carbonyl (C=O) groups is 1. The van der Waals surface area contributed by atoms with Gasteiger partial charge in [-0.25, -0.2) is 4.79 Å². The zero-order chi connectivity index (χ0) is 24.8. The molecular weight excluding hydrogens is 454 g/mol. The van der Waals surface area contributed by atoms with Crippen LogP contribution in [0.1, 0.15) is 47.7 Å². The standard InChI is InChI=1S/C27H35N7O2/c1-18-13-25-19(14-22(18)20-15-29-31(3)16-20)5-4-9-33(25)26-23-17-32(27(35)28-2)10-6-24(23)34(30-26)21-7-11-36-12-8-21/h13-16,21H,4-12,17H2,1-3H3,(H,28,35). The van der Waals surface area contributed by atoms with Crippen molar-refractivity contribution >= 4 is 17.5 Å². The van der Waals surface area contributed by atoms with Gasteiger partial charge in [0.15, 0.2) is 5.82 Å². The minimum Gasteiger partial charge on any atom is -0.381 e. The highest BCUT2D eigenvalue weighted by molar-refractivity contribution is 5.77. The number of anilines is 2. The number of aromatic nitrogens is 4. The molecule has 0 spiro atoms. The molecule has 1 saturated heterocycles. The smallest absolute Gasteiger partial charge is 0.317 e. The van der Waals surface area contributed by atoms with Gasteiger partial charge in [0.1, 0.15) is 0 Å². The average molecular weight is 490 g/mol. The molecule has 0 radical (unpaired) electrons. The first-order valence-corrected chi connectivity index (χ1v) is 13.1. The quantitative estimate of drug-likeness (QED) is 0.607. The Kier molecular flexibility index (Phi) is 5.95. The zero-order valence-electron chi connectivity index (χ0n) is 21.5. The van der Waals surface area contributed by atoms with Crippen molar-refractivity contribution in [1.29, 1.82) is 0 Å². The fourth-order valence-corrected chi connectivity index (χ4v) is 6.04. The second-order valence-corrected chi connectivity index (χ2v) is 10.2. The molecule has 2 amide bonds. The lowest BCUT2D eigenvalue weighted by atomic mass is 9.93. The molecule has 3 aliphatic heterocycles. The van der Waals surface area contributed by atoms with Crippen LogP contribution in [-0.2, 0) is 31.2 Å². The Morgan fingerprint density at radius 2 is 2.00 bits per heavy atom. The van der Waals surface area contributed by atoms with Crippen LogP contribution in [0, 0.1) is 6.92 Å². The maximum absolute atomic E-state index is 12.5. The van der Waals surface area contributed by atoms with Gasteiger partial charge < -0.3 is 19.9 Å². The van der Waals surface area contributed by atoms with E-state index in [-0.39, 0.29) is 6.03 Å². The van der Waals surface area contributed by atoms with Gasteiger partial charge in [-0.15, -0.1) is 0 Å². The van der Waals surface area contributed by atoms with Gasteiger partial charge in [0.05, 0.1) is 18.8 Å². The van der Waals surface area contributed by atoms with Gasteiger partial charge in [-0.1, -0.05) is 0 Å². The predicted octanol–water partition coefficient (Wildman–Crippen LogP) is 3.73. The molecule has 1 N–H and O–H groups in total. The summed E-state index contributed by atoms with van der Waals surface area (Å²) in [6.45, 7) is 5.97. The summed E-state index contributed by atoms with van der Waals surface area (Å²) in [6.07, 6.45) is 8.93. The number of aryl methyl sites for hydroxylation is 3. The van der Waals surface area contributed by atoms with Crippen molar-refractivity contribution in [2.75, 3.05) is 38.3 Å². The molecule has 0 saturated carbocycles. The Bertz CT molecular complexity index is 1290. The maximum atomic E-state index is 12.5. The molecule has 6 rings (SSSR count). The van der Waals surface area contributed by atoms with E-state index in [0.717, 1.165) is 63.2 Å². The van der Waals surface area contributed by atoms with Crippen LogP contribution in [0.15, 0.2) is 24.5 Å². The Balaban J connectivity index is 1.43. The summed E-state index contributed by atoms with van der Waals surface area (Å²) >= 11 is 0. The van der Waals surface area contributed by atoms with E-state index in [4.69, 9.17) is 9.84 Å². The van der Waals surface area contributed by atoms with Gasteiger partial charge >= 0.3 is 6.03 Å². The fourth-order valence-electron chi connectivity index (χ4n) is 6.04. The Labute approximate surface area is 212 Å². The van der Waals surface area contributed by atoms with Gasteiger partial charge in [-0.2, -0.15) is 10.2 Å². The lowest BCUT2D eigenvalue weighted by Gasteiger charge is -2.33. The van der Waals surface area contributed by atoms with Crippen LogP contribution in [0.5, 0.6) is 0 Å². The molecule has 0 aliphatic carbocycles. The third-order valence-electron chi connectivity index (χ3n) is 7.92. The minimum atomic E-state index is -0.0265. The highest BCUT2D eigenvalue weighted by atomic mass is 16.5. The maximum Gasteiger partial charge on any atom is 0.317 e. The van der Waals surface area contributed by atoms with E-state index in [1.54, 1.807) is 7.05 Å². The summed E-state index contributed by atoms with van der Waals surface area (Å²) in [7, 11) is 3.66. The molecule has 190 valence electrons. The van der Waals surface area contributed by atoms with Crippen molar-refractivity contribution in [1.82, 2.24) is 29.8 Å². The van der Waals surface area contributed by atoms with E-state index < -0.39 is 0 Å². The molecule has 0 bridgehead atoms. The largest absolute Gasteiger partial charge is 0.381 e. The third-order valence-corrected chi connectivity index (χ3v) is 7.92. The number of benzene rings is 1. The molecule has 2 aromatic heterocycles. The molecule has 1 aromatic carbocycles. The van der Waals surface area contributed by atoms with Gasteiger partial charge in [0.25, 0.3) is 0 Å². The number of ether oxygens (including phenoxy) is 1. The molecular formula is C27H35N7O2. The Morgan fingerprint density at radius 3 is 2.75 bits per heavy atom. The number of urea groups is 1. The first-order chi connectivity index (χ1) is 17.5. The van der Waals surface area contributed by atoms with Gasteiger partial charge in [-0.05, 0) is 61.4 Å². The van der Waals surface area contributed by atoms with Crippen LogP contribution in [0.4, 0.5) is 16.3 Å². The van der Waals surface area contributed by atoms with E-state index in [9.17, 15) is 4.79 Å². The minimum absolute atomic E-state index is 0.0265. The zero-order valence-corrected chi connectivity index (χ0v) is 21.5. The molecule has 0 atom stereocenters. The number of carbonyl (C=O) groups excluding carboxylic acids is 1. The topological polar surface area (TPSA) is 80.5 Å². The van der Waals surface area contributed by atoms with Crippen LogP contribution in [0.3, 0.4) is 0 Å². The Morgan fingerprint density at radius 1 is 1.17 bits per heavy atom. The van der Waals surface area contributed by atoms with Crippen LogP contribution >= 0.6 is 0 Å². The summed E-state index contributed by atoms with van der Waals surface area (Å²) in [5.41, 5.74) is 8.69. The van der Waals surface area contributed by atoms with Crippen molar-refractivity contribution in [3.05, 3.63) is 46.9 Å². The molecule has 3 aliphatic rings. The van der Waals surface area contributed by atoms with E-state index in [2.05, 4.69) is 45.3 Å². The monoisotopic (exact) mass is 489 g/mol. The van der Waals surface area contributed by atoms with Crippen LogP contribution < -0.4 is 10.2 Å². The first kappa shape index (κ1) is 23.1. The van der Waals surface area contributed by atoms with Gasteiger partial charge in [-0.3, -0.25) is 9.36 Å². The summed E-state index contributed by atoms with van der Waals surface area (Å²) in [4.78, 5) is 16.9. The molecule has 5 heterocycles. The van der Waals surface area contributed by atoms with E-state index in [1.165, 1.54) is 33.6 Å². The van der Waals surface area contributed by atoms with Crippen molar-refractivity contribution in [3.8, 4) is 11.1 Å². The second kappa shape index (κ2) is 9.28. The van der Waals surface area contributed by atoms with Crippen LogP contribution in [0.2, 0.25) is 0 Å². The number of hydrogen-bond acceptors (Lipinski definition) is 5. The molecule has 3 aromatic rings. The summed E-state index contributed by atoms with van der Waals surface area (Å²) in [5.74, 6) is 1.01. The summed E-state index contributed by atoms with van der Waals surface area (Å²) in [6, 6.07) is 4.98. The normalized spacial score (nSPS) is 18.2. The number of rotatable bonds is 3. The van der Waals surface area contributed by atoms with Crippen molar-refractivity contribution in [2.45, 2.75) is 51.6 Å². The van der Waals surface area contributed by atoms with Gasteiger partial charge in [0.2, 0.25) is 0 Å². The molecule has 0 unspecified atom stereocenters. The first-order valence-electron chi connectivity index (χ1n) is 13.1. The van der Waals surface area contributed by atoms with E-state index >= 15 is 0 Å². The SMILES string of the molecule is CNC(=O)N1CCc2c(c(N3CCCc4cc(-c5cnn(C)c5)c(C)cc43)nn2C2CCOCC2)C1. The Hall–Kier alpha value is -3.33. The highest BCUT2D eigenvalue weighted by Crippen LogP contribution is 2.41. The lowest BCUT2D eigenvalue weighted by Crippen LogP contribution is -2.42. The average Bonchev–Trinajstić information content (AvgIpc) is 3.51. The number of amides is 2. The number of nitrogens with zero attached hydrogens (tertiary/aromatic N) is 6. The molecule has 9 heteroatoms. The van der Waals surface area contributed by atoms with Crippen molar-refractivity contribution in [2.24, 2.45) is 7.05 Å². The lowest BCUT2D eigenvalue weighted by molar-refractivity contribution is 0.0651. The van der Waals surface area contributed by atoms with Crippen molar-refractivity contribution in [3.63, 3.8) is 0 Å². The predicted molar refractivity (Wildman–Crippen MR) is 139 cm³/mol. The van der Waals surface area contributed by atoms with E-state index in [1.807, 2.05) is 22.8 Å². The molecule has 1 fully saturated rings. The third kappa shape index (κ3) is 3.95. The van der Waals surface area contributed by atoms with Crippen LogP contribution in [-0.4, -0.2) is 63.8 Å². The highest BCUT2D eigenvalue weighted by Gasteiger charge is 2.34. The molecule has 9 nitrogen and oxygen atoms in total. The van der Waals surface area contributed by atoms with Gasteiger partial charge in [0, 0.05) is 75.5 Å².